The van der Waals surface area contributed by atoms with Gasteiger partial charge in [0.25, 0.3) is 0 Å². The molecule has 0 amide bonds. The van der Waals surface area contributed by atoms with E-state index in [2.05, 4.69) is 20.8 Å². The van der Waals surface area contributed by atoms with E-state index >= 15 is 0 Å². The number of carbonyl (C=O) groups excluding carboxylic acids is 3. The quantitative estimate of drug-likeness (QED) is 0.0343. The van der Waals surface area contributed by atoms with Crippen molar-refractivity contribution in [1.82, 2.24) is 0 Å². The van der Waals surface area contributed by atoms with E-state index in [9.17, 15) is 14.4 Å². The normalized spacial score (nSPS) is 11.9. The van der Waals surface area contributed by atoms with Crippen LogP contribution in [-0.4, -0.2) is 37.2 Å². The minimum atomic E-state index is -0.760. The first-order chi connectivity index (χ1) is 37.5. The summed E-state index contributed by atoms with van der Waals surface area (Å²) in [5.41, 5.74) is 0. The highest BCUT2D eigenvalue weighted by molar-refractivity contribution is 5.71. The number of rotatable bonds is 66. The first-order valence-electron chi connectivity index (χ1n) is 35.0. The topological polar surface area (TPSA) is 78.9 Å². The molecule has 0 aliphatic heterocycles. The van der Waals surface area contributed by atoms with E-state index in [1.807, 2.05) is 0 Å². The van der Waals surface area contributed by atoms with E-state index in [1.54, 1.807) is 0 Å². The van der Waals surface area contributed by atoms with Crippen LogP contribution < -0.4 is 0 Å². The number of ether oxygens (including phenoxy) is 3. The van der Waals surface area contributed by atoms with E-state index in [-0.39, 0.29) is 31.1 Å². The molecule has 1 atom stereocenters. The minimum absolute atomic E-state index is 0.0622. The third-order valence-corrected chi connectivity index (χ3v) is 16.4. The largest absolute Gasteiger partial charge is 0.462 e. The standard InChI is InChI=1S/C70H136O6/c1-4-7-10-13-15-17-19-21-23-25-27-29-30-31-32-33-34-35-36-37-38-39-40-41-43-44-46-48-50-52-54-57-60-63-69(72)75-66-67(65-74-68(71)62-59-56-12-9-6-3)76-70(73)64-61-58-55-53-51-49-47-45-42-28-26-24-22-20-18-16-14-11-8-5-2/h67H,4-66H2,1-3H3. The van der Waals surface area contributed by atoms with Crippen molar-refractivity contribution in [3.63, 3.8) is 0 Å². The SMILES string of the molecule is CCCCCCCCCCCCCCCCCCCCCCCCCCCCCCCCCCCC(=O)OCC(COC(=O)CCCCCCC)OC(=O)CCCCCCCCCCCCCCCCCCCCCC. The third-order valence-electron chi connectivity index (χ3n) is 16.4. The molecule has 0 heterocycles. The average Bonchev–Trinajstić information content (AvgIpc) is 3.42. The van der Waals surface area contributed by atoms with Crippen molar-refractivity contribution in [3.8, 4) is 0 Å². The molecule has 6 nitrogen and oxygen atoms in total. The van der Waals surface area contributed by atoms with Gasteiger partial charge in [-0.25, -0.2) is 0 Å². The van der Waals surface area contributed by atoms with Crippen molar-refractivity contribution in [1.29, 1.82) is 0 Å². The number of carbonyl (C=O) groups is 3. The maximum absolute atomic E-state index is 12.8. The maximum atomic E-state index is 12.8. The second-order valence-electron chi connectivity index (χ2n) is 24.2. The van der Waals surface area contributed by atoms with Gasteiger partial charge in [0.2, 0.25) is 0 Å². The van der Waals surface area contributed by atoms with Gasteiger partial charge < -0.3 is 14.2 Å². The molecule has 0 aromatic carbocycles. The molecule has 0 saturated carbocycles. The molecule has 76 heavy (non-hydrogen) atoms. The lowest BCUT2D eigenvalue weighted by Gasteiger charge is -2.18. The second-order valence-corrected chi connectivity index (χ2v) is 24.2. The lowest BCUT2D eigenvalue weighted by atomic mass is 10.0. The molecule has 0 aliphatic carbocycles. The van der Waals surface area contributed by atoms with Crippen molar-refractivity contribution < 1.29 is 28.6 Å². The fraction of sp³-hybridized carbons (Fsp3) is 0.957. The molecule has 0 spiro atoms. The van der Waals surface area contributed by atoms with Gasteiger partial charge in [0.15, 0.2) is 6.10 Å². The molecule has 452 valence electrons. The summed E-state index contributed by atoms with van der Waals surface area (Å²) in [6.45, 7) is 6.65. The van der Waals surface area contributed by atoms with Crippen molar-refractivity contribution >= 4 is 17.9 Å². The Kier molecular flexibility index (Phi) is 64.5. The van der Waals surface area contributed by atoms with Crippen LogP contribution in [0.1, 0.15) is 412 Å². The van der Waals surface area contributed by atoms with Crippen LogP contribution in [0.5, 0.6) is 0 Å². The summed E-state index contributed by atoms with van der Waals surface area (Å²) in [4.78, 5) is 38.0. The van der Waals surface area contributed by atoms with Crippen LogP contribution in [0.2, 0.25) is 0 Å². The summed E-state index contributed by atoms with van der Waals surface area (Å²) >= 11 is 0. The molecule has 0 aliphatic rings. The Balaban J connectivity index is 3.85. The van der Waals surface area contributed by atoms with Crippen LogP contribution in [0, 0.1) is 0 Å². The lowest BCUT2D eigenvalue weighted by Crippen LogP contribution is -2.30. The Morgan fingerprint density at radius 2 is 0.355 bits per heavy atom. The van der Waals surface area contributed by atoms with Gasteiger partial charge in [-0.3, -0.25) is 14.4 Å². The molecule has 1 unspecified atom stereocenters. The van der Waals surface area contributed by atoms with E-state index in [0.717, 1.165) is 64.2 Å². The molecule has 0 saturated heterocycles. The van der Waals surface area contributed by atoms with Gasteiger partial charge in [0.1, 0.15) is 13.2 Å². The Bertz CT molecular complexity index is 1140. The highest BCUT2D eigenvalue weighted by atomic mass is 16.6. The van der Waals surface area contributed by atoms with Crippen LogP contribution in [0.4, 0.5) is 0 Å². The number of hydrogen-bond donors (Lipinski definition) is 0. The Hall–Kier alpha value is -1.59. The van der Waals surface area contributed by atoms with Gasteiger partial charge >= 0.3 is 17.9 Å². The van der Waals surface area contributed by atoms with Crippen LogP contribution in [-0.2, 0) is 28.6 Å². The zero-order chi connectivity index (χ0) is 55.0. The Labute approximate surface area is 476 Å². The summed E-state index contributed by atoms with van der Waals surface area (Å²) < 4.78 is 16.8. The first kappa shape index (κ1) is 74.4. The summed E-state index contributed by atoms with van der Waals surface area (Å²) in [6.07, 6.45) is 77.8. The minimum Gasteiger partial charge on any atom is -0.462 e. The molecular formula is C70H136O6. The lowest BCUT2D eigenvalue weighted by molar-refractivity contribution is -0.167. The molecule has 6 heteroatoms. The number of esters is 3. The van der Waals surface area contributed by atoms with Crippen LogP contribution in [0.25, 0.3) is 0 Å². The maximum Gasteiger partial charge on any atom is 0.306 e. The highest BCUT2D eigenvalue weighted by Gasteiger charge is 2.19. The fourth-order valence-electron chi connectivity index (χ4n) is 11.1. The molecule has 0 aromatic rings. The molecule has 0 N–H and O–H groups in total. The predicted octanol–water partition coefficient (Wildman–Crippen LogP) is 23.8. The van der Waals surface area contributed by atoms with E-state index in [0.29, 0.717) is 19.3 Å². The predicted molar refractivity (Wildman–Crippen MR) is 330 cm³/mol. The van der Waals surface area contributed by atoms with Crippen LogP contribution in [0.3, 0.4) is 0 Å². The first-order valence-corrected chi connectivity index (χ1v) is 35.0. The monoisotopic (exact) mass is 1070 g/mol. The molecule has 0 fully saturated rings. The zero-order valence-electron chi connectivity index (χ0n) is 52.1. The van der Waals surface area contributed by atoms with Crippen LogP contribution >= 0.6 is 0 Å². The summed E-state index contributed by atoms with van der Waals surface area (Å²) in [7, 11) is 0. The third kappa shape index (κ3) is 63.2. The fourth-order valence-corrected chi connectivity index (χ4v) is 11.1. The van der Waals surface area contributed by atoms with Gasteiger partial charge in [-0.15, -0.1) is 0 Å². The molecule has 0 radical (unpaired) electrons. The smallest absolute Gasteiger partial charge is 0.306 e. The van der Waals surface area contributed by atoms with E-state index < -0.39 is 6.10 Å². The van der Waals surface area contributed by atoms with Crippen molar-refractivity contribution in [2.75, 3.05) is 13.2 Å². The van der Waals surface area contributed by atoms with Crippen molar-refractivity contribution in [3.05, 3.63) is 0 Å². The average molecular weight is 1070 g/mol. The van der Waals surface area contributed by atoms with Gasteiger partial charge in [0, 0.05) is 19.3 Å². The van der Waals surface area contributed by atoms with Crippen molar-refractivity contribution in [2.24, 2.45) is 0 Å². The number of unbranched alkanes of at least 4 members (excludes halogenated alkanes) is 55. The molecule has 0 rings (SSSR count). The molecule has 0 bridgehead atoms. The summed E-state index contributed by atoms with van der Waals surface area (Å²) in [5.74, 6) is -0.844. The Morgan fingerprint density at radius 3 is 0.526 bits per heavy atom. The van der Waals surface area contributed by atoms with Crippen molar-refractivity contribution in [2.45, 2.75) is 419 Å². The molecular weight excluding hydrogens is 937 g/mol. The zero-order valence-corrected chi connectivity index (χ0v) is 52.1. The summed E-state index contributed by atoms with van der Waals surface area (Å²) in [5, 5.41) is 0. The van der Waals surface area contributed by atoms with Crippen LogP contribution in [0.15, 0.2) is 0 Å². The molecule has 0 aromatic heterocycles. The van der Waals surface area contributed by atoms with Gasteiger partial charge in [-0.05, 0) is 19.3 Å². The van der Waals surface area contributed by atoms with Gasteiger partial charge in [-0.2, -0.15) is 0 Å². The van der Waals surface area contributed by atoms with Gasteiger partial charge in [0.05, 0.1) is 0 Å². The van der Waals surface area contributed by atoms with E-state index in [1.165, 1.54) is 308 Å². The van der Waals surface area contributed by atoms with E-state index in [4.69, 9.17) is 14.2 Å². The van der Waals surface area contributed by atoms with Gasteiger partial charge in [-0.1, -0.05) is 374 Å². The highest BCUT2D eigenvalue weighted by Crippen LogP contribution is 2.19. The second kappa shape index (κ2) is 65.9. The Morgan fingerprint density at radius 1 is 0.211 bits per heavy atom. The number of hydrogen-bond acceptors (Lipinski definition) is 6. The summed E-state index contributed by atoms with van der Waals surface area (Å²) in [6, 6.07) is 0.